The summed E-state index contributed by atoms with van der Waals surface area (Å²) in [5.74, 6) is -0.0764. The molecule has 34 heavy (non-hydrogen) atoms. The van der Waals surface area contributed by atoms with Crippen LogP contribution in [0, 0.1) is 0 Å². The number of rotatable bonds is 6. The van der Waals surface area contributed by atoms with E-state index in [2.05, 4.69) is 36.8 Å². The Labute approximate surface area is 192 Å². The number of dihydropyridines is 1. The number of hydrogen-bond acceptors (Lipinski definition) is 7. The number of piperidine rings is 1. The van der Waals surface area contributed by atoms with Gasteiger partial charge in [-0.25, -0.2) is 0 Å². The fourth-order valence-corrected chi connectivity index (χ4v) is 3.38. The Hall–Kier alpha value is -3.25. The number of hydrogen-bond donors (Lipinski definition) is 1. The predicted molar refractivity (Wildman–Crippen MR) is 117 cm³/mol. The van der Waals surface area contributed by atoms with Crippen molar-refractivity contribution in [3.05, 3.63) is 42.4 Å². The van der Waals surface area contributed by atoms with Crippen molar-refractivity contribution in [2.24, 2.45) is 9.98 Å². The number of nitrogens with one attached hydrogen (secondary N) is 1. The first kappa shape index (κ1) is 25.4. The summed E-state index contributed by atoms with van der Waals surface area (Å²) in [6.45, 7) is 4.75. The van der Waals surface area contributed by atoms with Crippen LogP contribution in [0.4, 0.5) is 38.2 Å². The van der Waals surface area contributed by atoms with Crippen molar-refractivity contribution in [2.75, 3.05) is 30.4 Å². The minimum atomic E-state index is -4.69. The molecule has 0 spiro atoms. The highest BCUT2D eigenvalue weighted by Gasteiger charge is 2.40. The van der Waals surface area contributed by atoms with E-state index in [1.54, 1.807) is 0 Å². The maximum Gasteiger partial charge on any atom is 0.432 e. The molecule has 0 radical (unpaired) electrons. The lowest BCUT2D eigenvalue weighted by Crippen LogP contribution is -2.33. The molecule has 0 aliphatic carbocycles. The average Bonchev–Trinajstić information content (AvgIpc) is 2.80. The maximum absolute atomic E-state index is 13.2. The molecule has 3 rings (SSSR count). The fourth-order valence-electron chi connectivity index (χ4n) is 3.38. The Kier molecular flexibility index (Phi) is 7.72. The van der Waals surface area contributed by atoms with Crippen molar-refractivity contribution < 1.29 is 26.3 Å². The van der Waals surface area contributed by atoms with Crippen LogP contribution in [0.3, 0.4) is 0 Å². The Morgan fingerprint density at radius 3 is 2.41 bits per heavy atom. The highest BCUT2D eigenvalue weighted by atomic mass is 19.4. The Morgan fingerprint density at radius 1 is 1.12 bits per heavy atom. The van der Waals surface area contributed by atoms with Crippen molar-refractivity contribution >= 4 is 23.3 Å². The minimum Gasteiger partial charge on any atom is -0.341 e. The smallest absolute Gasteiger partial charge is 0.341 e. The van der Waals surface area contributed by atoms with E-state index < -0.39 is 24.1 Å². The van der Waals surface area contributed by atoms with E-state index in [0.29, 0.717) is 13.1 Å². The number of alkyl halides is 6. The van der Waals surface area contributed by atoms with E-state index >= 15 is 0 Å². The molecule has 184 valence electrons. The lowest BCUT2D eigenvalue weighted by atomic mass is 10.1. The van der Waals surface area contributed by atoms with Crippen LogP contribution in [0.5, 0.6) is 0 Å². The highest BCUT2D eigenvalue weighted by molar-refractivity contribution is 6.07. The molecule has 1 unspecified atom stereocenters. The molecule has 1 atom stereocenters. The summed E-state index contributed by atoms with van der Waals surface area (Å²) in [6.07, 6.45) is -2.19. The molecule has 7 nitrogen and oxygen atoms in total. The molecule has 1 fully saturated rings. The molecule has 1 aromatic heterocycles. The average molecular weight is 487 g/mol. The predicted octanol–water partition coefficient (Wildman–Crippen LogP) is 4.66. The van der Waals surface area contributed by atoms with Gasteiger partial charge in [-0.05, 0) is 43.9 Å². The molecule has 2 aliphatic rings. The first-order valence-electron chi connectivity index (χ1n) is 10.5. The summed E-state index contributed by atoms with van der Waals surface area (Å²) >= 11 is 0. The van der Waals surface area contributed by atoms with Crippen molar-refractivity contribution in [3.63, 3.8) is 0 Å². The van der Waals surface area contributed by atoms with Crippen LogP contribution in [-0.2, 0) is 0 Å². The Morgan fingerprint density at radius 2 is 1.82 bits per heavy atom. The van der Waals surface area contributed by atoms with Crippen LogP contribution in [0.1, 0.15) is 31.5 Å². The van der Waals surface area contributed by atoms with E-state index in [-0.39, 0.29) is 35.6 Å². The van der Waals surface area contributed by atoms with Crippen LogP contribution in [0.2, 0.25) is 0 Å². The molecule has 0 saturated carbocycles. The van der Waals surface area contributed by atoms with Gasteiger partial charge in [-0.1, -0.05) is 12.7 Å². The monoisotopic (exact) mass is 487 g/mol. The zero-order chi connectivity index (χ0) is 24.9. The number of halogens is 6. The third-order valence-electron chi connectivity index (χ3n) is 5.10. The molecule has 3 heterocycles. The molecule has 0 aromatic carbocycles. The van der Waals surface area contributed by atoms with E-state index in [1.807, 2.05) is 4.90 Å². The van der Waals surface area contributed by atoms with Crippen molar-refractivity contribution in [1.29, 1.82) is 0 Å². The summed E-state index contributed by atoms with van der Waals surface area (Å²) in [5, 5.41) is 2.64. The van der Waals surface area contributed by atoms with Gasteiger partial charge in [0.25, 0.3) is 0 Å². The second-order valence-electron chi connectivity index (χ2n) is 7.58. The van der Waals surface area contributed by atoms with Crippen molar-refractivity contribution in [1.82, 2.24) is 15.0 Å². The van der Waals surface area contributed by atoms with Gasteiger partial charge in [0, 0.05) is 25.8 Å². The highest BCUT2D eigenvalue weighted by Crippen LogP contribution is 2.29. The van der Waals surface area contributed by atoms with Crippen LogP contribution >= 0.6 is 0 Å². The Balaban J connectivity index is 2.02. The van der Waals surface area contributed by atoms with Gasteiger partial charge in [-0.3, -0.25) is 9.98 Å². The van der Waals surface area contributed by atoms with Gasteiger partial charge < -0.3 is 10.2 Å². The zero-order valence-electron chi connectivity index (χ0n) is 18.3. The van der Waals surface area contributed by atoms with E-state index in [1.165, 1.54) is 12.2 Å². The standard InChI is InChI=1S/C21H23F6N7/c1-3-13(12-16(28-2)21(25,26)27)29-18-31-17(14-8-7-9-15(30-14)20(22,23)24)32-19(33-18)34-10-5-4-6-11-34/h3,7-8,12,15H,1,4-6,9-11H2,2H3,(H,29,31,32,33)/b13-12+,28-16+. The Bertz CT molecular complexity index is 1020. The molecule has 2 aliphatic heterocycles. The third-order valence-corrected chi connectivity index (χ3v) is 5.10. The first-order valence-corrected chi connectivity index (χ1v) is 10.5. The molecule has 0 bridgehead atoms. The third kappa shape index (κ3) is 6.41. The quantitative estimate of drug-likeness (QED) is 0.359. The summed E-state index contributed by atoms with van der Waals surface area (Å²) in [4.78, 5) is 21.6. The van der Waals surface area contributed by atoms with Crippen LogP contribution in [0.15, 0.2) is 46.6 Å². The summed E-state index contributed by atoms with van der Waals surface area (Å²) < 4.78 is 78.9. The maximum atomic E-state index is 13.2. The molecule has 0 amide bonds. The van der Waals surface area contributed by atoms with Gasteiger partial charge in [-0.2, -0.15) is 41.3 Å². The molecular weight excluding hydrogens is 464 g/mol. The lowest BCUT2D eigenvalue weighted by Gasteiger charge is -2.27. The van der Waals surface area contributed by atoms with Crippen molar-refractivity contribution in [3.8, 4) is 0 Å². The van der Waals surface area contributed by atoms with Gasteiger partial charge in [0.1, 0.15) is 17.5 Å². The van der Waals surface area contributed by atoms with Gasteiger partial charge >= 0.3 is 12.4 Å². The fraction of sp³-hybridized carbons (Fsp3) is 0.476. The summed E-state index contributed by atoms with van der Waals surface area (Å²) in [6, 6.07) is -1.93. The first-order chi connectivity index (χ1) is 16.0. The van der Waals surface area contributed by atoms with E-state index in [9.17, 15) is 26.3 Å². The molecule has 1 aromatic rings. The van der Waals surface area contributed by atoms with E-state index in [0.717, 1.165) is 38.5 Å². The number of aliphatic imine (C=N–C) groups is 2. The number of anilines is 2. The van der Waals surface area contributed by atoms with Crippen LogP contribution in [0.25, 0.3) is 0 Å². The molecule has 13 heteroatoms. The minimum absolute atomic E-state index is 0.0903. The zero-order valence-corrected chi connectivity index (χ0v) is 18.3. The molecule has 1 N–H and O–H groups in total. The topological polar surface area (TPSA) is 78.7 Å². The summed E-state index contributed by atoms with van der Waals surface area (Å²) in [5.41, 5.74) is -1.35. The SMILES string of the molecule is C=C/C(=C\C(=N/C)C(F)(F)F)Nc1nc(C2=NC(C(F)(F)F)CC=C2)nc(N2CCCCC2)n1. The lowest BCUT2D eigenvalue weighted by molar-refractivity contribution is -0.146. The molecule has 1 saturated heterocycles. The second kappa shape index (κ2) is 10.3. The van der Waals surface area contributed by atoms with Crippen LogP contribution in [-0.4, -0.2) is 64.9 Å². The van der Waals surface area contributed by atoms with Gasteiger partial charge in [0.05, 0.1) is 0 Å². The summed E-state index contributed by atoms with van der Waals surface area (Å²) in [7, 11) is 1.00. The van der Waals surface area contributed by atoms with Crippen molar-refractivity contribution in [2.45, 2.75) is 44.1 Å². The van der Waals surface area contributed by atoms with Gasteiger partial charge in [0.2, 0.25) is 11.9 Å². The van der Waals surface area contributed by atoms with E-state index in [4.69, 9.17) is 0 Å². The molecular formula is C21H23F6N7. The van der Waals surface area contributed by atoms with Gasteiger partial charge in [0.15, 0.2) is 5.82 Å². The largest absolute Gasteiger partial charge is 0.432 e. The van der Waals surface area contributed by atoms with Crippen LogP contribution < -0.4 is 10.2 Å². The number of allylic oxidation sites excluding steroid dienone is 3. The van der Waals surface area contributed by atoms with Gasteiger partial charge in [-0.15, -0.1) is 0 Å². The normalized spacial score (nSPS) is 20.3. The number of aromatic nitrogens is 3. The number of nitrogens with zero attached hydrogens (tertiary/aromatic N) is 6. The second-order valence-corrected chi connectivity index (χ2v) is 7.58.